The first kappa shape index (κ1) is 10.1. The first-order valence-corrected chi connectivity index (χ1v) is 5.79. The topological polar surface area (TPSA) is 23.8 Å². The van der Waals surface area contributed by atoms with E-state index in [4.69, 9.17) is 0 Å². The Kier molecular flexibility index (Phi) is 1.91. The molecular weight excluding hydrogens is 206 g/mol. The van der Waals surface area contributed by atoms with Crippen molar-refractivity contribution in [1.29, 1.82) is 5.26 Å². The number of hydrogen-bond donors (Lipinski definition) is 0. The van der Waals surface area contributed by atoms with E-state index in [1.165, 1.54) is 22.3 Å². The lowest BCUT2D eigenvalue weighted by atomic mass is 9.80. The van der Waals surface area contributed by atoms with Gasteiger partial charge >= 0.3 is 0 Å². The Balaban J connectivity index is 2.45. The zero-order chi connectivity index (χ0) is 12.0. The van der Waals surface area contributed by atoms with Gasteiger partial charge < -0.3 is 0 Å². The van der Waals surface area contributed by atoms with Gasteiger partial charge in [-0.05, 0) is 28.3 Å². The molecule has 1 nitrogen and oxygen atoms in total. The van der Waals surface area contributed by atoms with Crippen molar-refractivity contribution < 1.29 is 0 Å². The molecule has 0 heterocycles. The van der Waals surface area contributed by atoms with Crippen LogP contribution in [0.5, 0.6) is 0 Å². The monoisotopic (exact) mass is 219 g/mol. The first-order valence-electron chi connectivity index (χ1n) is 5.79. The first-order chi connectivity index (χ1) is 8.16. The lowest BCUT2D eigenvalue weighted by molar-refractivity contribution is 0.658. The summed E-state index contributed by atoms with van der Waals surface area (Å²) in [6.45, 7) is 4.39. The number of hydrogen-bond acceptors (Lipinski definition) is 1. The van der Waals surface area contributed by atoms with Crippen molar-refractivity contribution in [2.45, 2.75) is 19.3 Å². The molecule has 1 aliphatic rings. The fraction of sp³-hybridized carbons (Fsp3) is 0.188. The second-order valence-corrected chi connectivity index (χ2v) is 5.01. The second-order valence-electron chi connectivity index (χ2n) is 5.01. The molecule has 0 radical (unpaired) electrons. The second kappa shape index (κ2) is 3.21. The zero-order valence-electron chi connectivity index (χ0n) is 9.99. The maximum Gasteiger partial charge on any atom is 0.0995 e. The van der Waals surface area contributed by atoms with E-state index in [0.717, 1.165) is 5.56 Å². The van der Waals surface area contributed by atoms with Crippen molar-refractivity contribution >= 4 is 0 Å². The maximum atomic E-state index is 9.26. The molecule has 0 spiro atoms. The van der Waals surface area contributed by atoms with E-state index in [9.17, 15) is 5.26 Å². The molecule has 17 heavy (non-hydrogen) atoms. The predicted octanol–water partition coefficient (Wildman–Crippen LogP) is 3.86. The lowest BCUT2D eigenvalue weighted by Crippen LogP contribution is -2.16. The minimum absolute atomic E-state index is 0.0712. The number of benzene rings is 2. The molecule has 0 aromatic heterocycles. The van der Waals surface area contributed by atoms with Crippen molar-refractivity contribution in [3.05, 3.63) is 59.2 Å². The van der Waals surface area contributed by atoms with E-state index in [1.807, 2.05) is 12.1 Å². The third-order valence-electron chi connectivity index (χ3n) is 3.70. The van der Waals surface area contributed by atoms with Crippen LogP contribution < -0.4 is 0 Å². The van der Waals surface area contributed by atoms with Gasteiger partial charge in [-0.15, -0.1) is 0 Å². The molecule has 0 atom stereocenters. The van der Waals surface area contributed by atoms with Gasteiger partial charge in [0.15, 0.2) is 0 Å². The molecule has 2 aromatic rings. The molecule has 0 saturated carbocycles. The van der Waals surface area contributed by atoms with Gasteiger partial charge in [-0.1, -0.05) is 50.2 Å². The van der Waals surface area contributed by atoms with Gasteiger partial charge in [0, 0.05) is 5.41 Å². The molecule has 0 unspecified atom stereocenters. The molecule has 0 N–H and O–H groups in total. The molecule has 82 valence electrons. The Bertz CT molecular complexity index is 645. The highest BCUT2D eigenvalue weighted by atomic mass is 14.4. The summed E-state index contributed by atoms with van der Waals surface area (Å²) >= 11 is 0. The quantitative estimate of drug-likeness (QED) is 0.660. The molecule has 0 fully saturated rings. The molecule has 3 rings (SSSR count). The molecular formula is C16H13N. The molecule has 1 heteroatoms. The SMILES string of the molecule is CC1(C)c2ccccc2-c2cccc(C#N)c21. The highest BCUT2D eigenvalue weighted by Crippen LogP contribution is 2.49. The summed E-state index contributed by atoms with van der Waals surface area (Å²) in [4.78, 5) is 0. The van der Waals surface area contributed by atoms with Crippen LogP contribution in [0, 0.1) is 11.3 Å². The third-order valence-corrected chi connectivity index (χ3v) is 3.70. The highest BCUT2D eigenvalue weighted by molar-refractivity contribution is 5.82. The Morgan fingerprint density at radius 1 is 0.941 bits per heavy atom. The van der Waals surface area contributed by atoms with Crippen molar-refractivity contribution in [2.24, 2.45) is 0 Å². The highest BCUT2D eigenvalue weighted by Gasteiger charge is 2.36. The summed E-state index contributed by atoms with van der Waals surface area (Å²) < 4.78 is 0. The summed E-state index contributed by atoms with van der Waals surface area (Å²) in [6.07, 6.45) is 0. The van der Waals surface area contributed by atoms with Gasteiger partial charge in [0.25, 0.3) is 0 Å². The largest absolute Gasteiger partial charge is 0.192 e. The Hall–Kier alpha value is -2.07. The molecule has 0 amide bonds. The van der Waals surface area contributed by atoms with E-state index in [1.54, 1.807) is 0 Å². The van der Waals surface area contributed by atoms with Gasteiger partial charge in [0.05, 0.1) is 11.6 Å². The average Bonchev–Trinajstić information content (AvgIpc) is 2.60. The van der Waals surface area contributed by atoms with Gasteiger partial charge in [0.1, 0.15) is 0 Å². The van der Waals surface area contributed by atoms with Crippen molar-refractivity contribution in [1.82, 2.24) is 0 Å². The zero-order valence-corrected chi connectivity index (χ0v) is 9.99. The Morgan fingerprint density at radius 3 is 2.41 bits per heavy atom. The van der Waals surface area contributed by atoms with Crippen LogP contribution in [0.4, 0.5) is 0 Å². The minimum Gasteiger partial charge on any atom is -0.192 e. The van der Waals surface area contributed by atoms with Crippen LogP contribution in [0.25, 0.3) is 11.1 Å². The minimum atomic E-state index is -0.0712. The van der Waals surface area contributed by atoms with Crippen LogP contribution in [0.3, 0.4) is 0 Å². The number of nitrogens with zero attached hydrogens (tertiary/aromatic N) is 1. The smallest absolute Gasteiger partial charge is 0.0995 e. The normalized spacial score (nSPS) is 14.9. The Labute approximate surface area is 101 Å². The summed E-state index contributed by atoms with van der Waals surface area (Å²) in [6, 6.07) is 16.7. The molecule has 0 saturated heterocycles. The maximum absolute atomic E-state index is 9.26. The van der Waals surface area contributed by atoms with Gasteiger partial charge in [-0.2, -0.15) is 5.26 Å². The summed E-state index contributed by atoms with van der Waals surface area (Å²) in [5, 5.41) is 9.26. The van der Waals surface area contributed by atoms with Crippen LogP contribution in [0.2, 0.25) is 0 Å². The molecule has 0 aliphatic heterocycles. The summed E-state index contributed by atoms with van der Waals surface area (Å²) in [7, 11) is 0. The Morgan fingerprint density at radius 2 is 1.65 bits per heavy atom. The van der Waals surface area contributed by atoms with Gasteiger partial charge in [-0.25, -0.2) is 0 Å². The lowest BCUT2D eigenvalue weighted by Gasteiger charge is -2.22. The van der Waals surface area contributed by atoms with Crippen LogP contribution >= 0.6 is 0 Å². The number of nitriles is 1. The van der Waals surface area contributed by atoms with Crippen molar-refractivity contribution in [3.63, 3.8) is 0 Å². The fourth-order valence-electron chi connectivity index (χ4n) is 2.94. The molecule has 2 aromatic carbocycles. The van der Waals surface area contributed by atoms with Crippen LogP contribution in [0.15, 0.2) is 42.5 Å². The van der Waals surface area contributed by atoms with Gasteiger partial charge in [-0.3, -0.25) is 0 Å². The van der Waals surface area contributed by atoms with E-state index >= 15 is 0 Å². The van der Waals surface area contributed by atoms with E-state index in [2.05, 4.69) is 50.2 Å². The number of rotatable bonds is 0. The summed E-state index contributed by atoms with van der Waals surface area (Å²) in [5.74, 6) is 0. The predicted molar refractivity (Wildman–Crippen MR) is 68.7 cm³/mol. The third kappa shape index (κ3) is 1.18. The van der Waals surface area contributed by atoms with Crippen LogP contribution in [0.1, 0.15) is 30.5 Å². The van der Waals surface area contributed by atoms with E-state index in [0.29, 0.717) is 0 Å². The van der Waals surface area contributed by atoms with Crippen LogP contribution in [-0.4, -0.2) is 0 Å². The van der Waals surface area contributed by atoms with Gasteiger partial charge in [0.2, 0.25) is 0 Å². The number of fused-ring (bicyclic) bond motifs is 3. The van der Waals surface area contributed by atoms with E-state index in [-0.39, 0.29) is 5.41 Å². The summed E-state index contributed by atoms with van der Waals surface area (Å²) in [5.41, 5.74) is 5.69. The average molecular weight is 219 g/mol. The van der Waals surface area contributed by atoms with Crippen molar-refractivity contribution in [3.8, 4) is 17.2 Å². The standard InChI is InChI=1S/C16H13N/c1-16(2)14-9-4-3-7-12(14)13-8-5-6-11(10-17)15(13)16/h3-9H,1-2H3. The molecule has 1 aliphatic carbocycles. The molecule has 0 bridgehead atoms. The fourth-order valence-corrected chi connectivity index (χ4v) is 2.94. The van der Waals surface area contributed by atoms with Crippen molar-refractivity contribution in [2.75, 3.05) is 0 Å². The van der Waals surface area contributed by atoms with E-state index < -0.39 is 0 Å². The van der Waals surface area contributed by atoms with Crippen LogP contribution in [-0.2, 0) is 5.41 Å².